The molecule has 2 heterocycles. The molecule has 2 aromatic heterocycles. The van der Waals surface area contributed by atoms with E-state index in [2.05, 4.69) is 25.6 Å². The molecule has 35 heavy (non-hydrogen) atoms. The lowest BCUT2D eigenvalue weighted by molar-refractivity contribution is 0.0925. The predicted molar refractivity (Wildman–Crippen MR) is 130 cm³/mol. The Morgan fingerprint density at radius 3 is 2.71 bits per heavy atom. The van der Waals surface area contributed by atoms with Gasteiger partial charge in [0.05, 0.1) is 11.0 Å². The Morgan fingerprint density at radius 2 is 1.86 bits per heavy atom. The van der Waals surface area contributed by atoms with E-state index in [0.29, 0.717) is 29.0 Å². The van der Waals surface area contributed by atoms with Crippen molar-refractivity contribution in [1.29, 1.82) is 0 Å². The highest BCUT2D eigenvalue weighted by molar-refractivity contribution is 5.94. The first-order chi connectivity index (χ1) is 17.0. The standard InChI is InChI=1S/C26H23N5O4/c1-27-24(32)22-14-19(10-11-28-22)35-18-9-7-15-6-8-17(12-16(15)13-18)29-25(33)23-26(34)31-21-5-3-2-4-20(21)30-23/h2-5,7,9-11,13-14,17H,6,8,12H2,1H3,(H,27,32)(H,29,33)(H,31,34). The lowest BCUT2D eigenvalue weighted by atomic mass is 9.88. The van der Waals surface area contributed by atoms with Gasteiger partial charge in [-0.05, 0) is 60.7 Å². The number of amides is 2. The van der Waals surface area contributed by atoms with E-state index in [1.165, 1.54) is 11.8 Å². The van der Waals surface area contributed by atoms with Crippen LogP contribution in [-0.4, -0.2) is 39.9 Å². The second-order valence-electron chi connectivity index (χ2n) is 8.33. The number of hydrogen-bond donors (Lipinski definition) is 3. The van der Waals surface area contributed by atoms with Gasteiger partial charge in [0.1, 0.15) is 17.2 Å². The number of H-pyrrole nitrogens is 1. The van der Waals surface area contributed by atoms with Crippen molar-refractivity contribution in [2.75, 3.05) is 7.05 Å². The van der Waals surface area contributed by atoms with Crippen molar-refractivity contribution in [3.8, 4) is 11.5 Å². The zero-order valence-corrected chi connectivity index (χ0v) is 19.0. The summed E-state index contributed by atoms with van der Waals surface area (Å²) in [6.45, 7) is 0. The van der Waals surface area contributed by atoms with E-state index in [-0.39, 0.29) is 23.3 Å². The monoisotopic (exact) mass is 469 g/mol. The van der Waals surface area contributed by atoms with Crippen LogP contribution in [0.25, 0.3) is 11.0 Å². The summed E-state index contributed by atoms with van der Waals surface area (Å²) >= 11 is 0. The predicted octanol–water partition coefficient (Wildman–Crippen LogP) is 2.76. The average Bonchev–Trinajstić information content (AvgIpc) is 2.87. The fraction of sp³-hybridized carbons (Fsp3) is 0.192. The molecule has 0 fully saturated rings. The number of aromatic amines is 1. The zero-order chi connectivity index (χ0) is 24.4. The molecule has 1 aliphatic rings. The number of ether oxygens (including phenoxy) is 1. The first-order valence-electron chi connectivity index (χ1n) is 11.3. The zero-order valence-electron chi connectivity index (χ0n) is 19.0. The maximum absolute atomic E-state index is 12.9. The van der Waals surface area contributed by atoms with E-state index >= 15 is 0 Å². The number of pyridine rings is 1. The number of fused-ring (bicyclic) bond motifs is 2. The Labute approximate surface area is 200 Å². The summed E-state index contributed by atoms with van der Waals surface area (Å²) in [6.07, 6.45) is 3.67. The third kappa shape index (κ3) is 4.74. The van der Waals surface area contributed by atoms with Crippen LogP contribution >= 0.6 is 0 Å². The molecule has 0 saturated carbocycles. The number of carbonyl (C=O) groups excluding carboxylic acids is 2. The highest BCUT2D eigenvalue weighted by Crippen LogP contribution is 2.29. The van der Waals surface area contributed by atoms with Crippen molar-refractivity contribution in [3.63, 3.8) is 0 Å². The maximum atomic E-state index is 12.9. The van der Waals surface area contributed by atoms with Gasteiger partial charge in [0.2, 0.25) is 0 Å². The lowest BCUT2D eigenvalue weighted by Crippen LogP contribution is -2.41. The number of nitrogens with one attached hydrogen (secondary N) is 3. The minimum Gasteiger partial charge on any atom is -0.457 e. The molecule has 0 bridgehead atoms. The number of para-hydroxylation sites is 2. The lowest BCUT2D eigenvalue weighted by Gasteiger charge is -2.25. The molecule has 176 valence electrons. The molecule has 1 aliphatic carbocycles. The van der Waals surface area contributed by atoms with Crippen molar-refractivity contribution in [1.82, 2.24) is 25.6 Å². The van der Waals surface area contributed by atoms with Crippen LogP contribution in [0.1, 0.15) is 38.5 Å². The van der Waals surface area contributed by atoms with Gasteiger partial charge >= 0.3 is 0 Å². The normalized spacial score (nSPS) is 14.7. The van der Waals surface area contributed by atoms with E-state index in [0.717, 1.165) is 18.4 Å². The van der Waals surface area contributed by atoms with Gasteiger partial charge in [0.15, 0.2) is 5.69 Å². The Kier molecular flexibility index (Phi) is 5.97. The summed E-state index contributed by atoms with van der Waals surface area (Å²) in [5, 5.41) is 5.50. The van der Waals surface area contributed by atoms with Crippen molar-refractivity contribution >= 4 is 22.8 Å². The molecule has 0 aliphatic heterocycles. The first kappa shape index (κ1) is 22.3. The Morgan fingerprint density at radius 1 is 1.03 bits per heavy atom. The SMILES string of the molecule is CNC(=O)c1cc(Oc2ccc3c(c2)CC(NC(=O)c2nc4ccccc4[nH]c2=O)CC3)ccn1. The summed E-state index contributed by atoms with van der Waals surface area (Å²) in [7, 11) is 1.54. The quantitative estimate of drug-likeness (QED) is 0.413. The highest BCUT2D eigenvalue weighted by Gasteiger charge is 2.23. The number of nitrogens with zero attached hydrogens (tertiary/aromatic N) is 2. The minimum absolute atomic E-state index is 0.140. The van der Waals surface area contributed by atoms with Gasteiger partial charge < -0.3 is 20.4 Å². The second-order valence-corrected chi connectivity index (χ2v) is 8.33. The topological polar surface area (TPSA) is 126 Å². The third-order valence-electron chi connectivity index (χ3n) is 5.98. The summed E-state index contributed by atoms with van der Waals surface area (Å²) in [4.78, 5) is 48.1. The molecule has 0 spiro atoms. The van der Waals surface area contributed by atoms with Crippen LogP contribution in [0.15, 0.2) is 65.6 Å². The van der Waals surface area contributed by atoms with Gasteiger partial charge in [-0.2, -0.15) is 0 Å². The van der Waals surface area contributed by atoms with E-state index in [1.54, 1.807) is 43.4 Å². The van der Waals surface area contributed by atoms with Gasteiger partial charge in [-0.1, -0.05) is 18.2 Å². The van der Waals surface area contributed by atoms with Gasteiger partial charge in [-0.3, -0.25) is 19.4 Å². The Bertz CT molecular complexity index is 1500. The molecule has 9 nitrogen and oxygen atoms in total. The number of benzene rings is 2. The van der Waals surface area contributed by atoms with E-state index in [9.17, 15) is 14.4 Å². The molecule has 0 radical (unpaired) electrons. The molecule has 5 rings (SSSR count). The summed E-state index contributed by atoms with van der Waals surface area (Å²) in [5.41, 5.74) is 3.00. The first-order valence-corrected chi connectivity index (χ1v) is 11.3. The number of rotatable bonds is 5. The van der Waals surface area contributed by atoms with Crippen molar-refractivity contribution in [3.05, 3.63) is 93.7 Å². The smallest absolute Gasteiger partial charge is 0.280 e. The van der Waals surface area contributed by atoms with Crippen LogP contribution in [0.5, 0.6) is 11.5 Å². The summed E-state index contributed by atoms with van der Waals surface area (Å²) in [6, 6.07) is 16.1. The average molecular weight is 470 g/mol. The second kappa shape index (κ2) is 9.38. The minimum atomic E-state index is -0.512. The third-order valence-corrected chi connectivity index (χ3v) is 5.98. The van der Waals surface area contributed by atoms with Crippen LogP contribution in [0.3, 0.4) is 0 Å². The maximum Gasteiger partial charge on any atom is 0.280 e. The molecule has 2 aromatic carbocycles. The molecular formula is C26H23N5O4. The van der Waals surface area contributed by atoms with Gasteiger partial charge in [0.25, 0.3) is 17.4 Å². The van der Waals surface area contributed by atoms with Crippen LogP contribution in [-0.2, 0) is 12.8 Å². The van der Waals surface area contributed by atoms with E-state index in [4.69, 9.17) is 4.74 Å². The van der Waals surface area contributed by atoms with Gasteiger partial charge in [-0.15, -0.1) is 0 Å². The molecule has 2 amide bonds. The van der Waals surface area contributed by atoms with Crippen LogP contribution in [0, 0.1) is 0 Å². The van der Waals surface area contributed by atoms with Gasteiger partial charge in [0, 0.05) is 25.4 Å². The van der Waals surface area contributed by atoms with Crippen molar-refractivity contribution in [2.24, 2.45) is 0 Å². The molecule has 1 unspecified atom stereocenters. The summed E-state index contributed by atoms with van der Waals surface area (Å²) < 4.78 is 5.96. The number of aryl methyl sites for hydroxylation is 1. The summed E-state index contributed by atoms with van der Waals surface area (Å²) in [5.74, 6) is 0.342. The molecule has 4 aromatic rings. The number of aromatic nitrogens is 3. The molecule has 3 N–H and O–H groups in total. The van der Waals surface area contributed by atoms with Crippen molar-refractivity contribution in [2.45, 2.75) is 25.3 Å². The van der Waals surface area contributed by atoms with E-state index in [1.807, 2.05) is 18.2 Å². The van der Waals surface area contributed by atoms with Crippen LogP contribution in [0.2, 0.25) is 0 Å². The molecule has 0 saturated heterocycles. The Hall–Kier alpha value is -4.53. The molecule has 1 atom stereocenters. The van der Waals surface area contributed by atoms with Crippen LogP contribution in [0.4, 0.5) is 0 Å². The van der Waals surface area contributed by atoms with Gasteiger partial charge in [-0.25, -0.2) is 4.98 Å². The van der Waals surface area contributed by atoms with Crippen molar-refractivity contribution < 1.29 is 14.3 Å². The largest absolute Gasteiger partial charge is 0.457 e. The van der Waals surface area contributed by atoms with E-state index < -0.39 is 11.5 Å². The highest BCUT2D eigenvalue weighted by atomic mass is 16.5. The fourth-order valence-corrected chi connectivity index (χ4v) is 4.22. The van der Waals surface area contributed by atoms with Crippen LogP contribution < -0.4 is 20.9 Å². The molecular weight excluding hydrogens is 446 g/mol. The number of carbonyl (C=O) groups is 2. The fourth-order valence-electron chi connectivity index (χ4n) is 4.22. The number of hydrogen-bond acceptors (Lipinski definition) is 6. The Balaban J connectivity index is 1.30. The molecule has 9 heteroatoms.